The van der Waals surface area contributed by atoms with E-state index in [0.717, 1.165) is 63.1 Å². The van der Waals surface area contributed by atoms with Gasteiger partial charge in [-0.2, -0.15) is 0 Å². The lowest BCUT2D eigenvalue weighted by molar-refractivity contribution is -0.137. The smallest absolute Gasteiger partial charge is 0.409 e. The zero-order valence-corrected chi connectivity index (χ0v) is 24.3. The van der Waals surface area contributed by atoms with E-state index in [1.54, 1.807) is 17.0 Å². The summed E-state index contributed by atoms with van der Waals surface area (Å²) in [5, 5.41) is 0. The highest BCUT2D eigenvalue weighted by molar-refractivity contribution is 7.90. The van der Waals surface area contributed by atoms with Crippen LogP contribution in [0.15, 0.2) is 59.5 Å². The Labute approximate surface area is 237 Å². The Morgan fingerprint density at radius 1 is 0.923 bits per heavy atom. The van der Waals surface area contributed by atoms with Gasteiger partial charge in [-0.3, -0.25) is 9.69 Å². The molecule has 5 rings (SSSR count). The molecule has 10 heteroatoms. The number of piperidine rings is 1. The minimum absolute atomic E-state index is 0. The van der Waals surface area contributed by atoms with Crippen molar-refractivity contribution in [2.45, 2.75) is 36.6 Å². The van der Waals surface area contributed by atoms with E-state index in [9.17, 15) is 18.0 Å². The van der Waals surface area contributed by atoms with Gasteiger partial charge in [0.2, 0.25) is 5.91 Å². The summed E-state index contributed by atoms with van der Waals surface area (Å²) in [4.78, 5) is 32.5. The van der Waals surface area contributed by atoms with Crippen LogP contribution in [0, 0.1) is 11.3 Å². The average Bonchev–Trinajstić information content (AvgIpc) is 3.53. The van der Waals surface area contributed by atoms with E-state index in [4.69, 9.17) is 4.74 Å². The molecule has 3 fully saturated rings. The summed E-state index contributed by atoms with van der Waals surface area (Å²) >= 11 is 0. The first kappa shape index (κ1) is 29.4. The van der Waals surface area contributed by atoms with E-state index in [1.807, 2.05) is 47.4 Å². The molecule has 3 heterocycles. The van der Waals surface area contributed by atoms with Crippen LogP contribution >= 0.6 is 12.4 Å². The molecule has 0 bridgehead atoms. The summed E-state index contributed by atoms with van der Waals surface area (Å²) in [6.45, 7) is 5.17. The Kier molecular flexibility index (Phi) is 8.93. The number of likely N-dealkylation sites (tertiary alicyclic amines) is 3. The van der Waals surface area contributed by atoms with Gasteiger partial charge in [0, 0.05) is 51.4 Å². The van der Waals surface area contributed by atoms with E-state index >= 15 is 0 Å². The van der Waals surface area contributed by atoms with Gasteiger partial charge >= 0.3 is 6.09 Å². The van der Waals surface area contributed by atoms with Gasteiger partial charge in [0.05, 0.1) is 17.9 Å². The van der Waals surface area contributed by atoms with E-state index in [0.29, 0.717) is 18.0 Å². The van der Waals surface area contributed by atoms with Crippen LogP contribution in [0.1, 0.15) is 36.3 Å². The number of benzene rings is 2. The van der Waals surface area contributed by atoms with Crippen molar-refractivity contribution in [1.82, 2.24) is 14.7 Å². The molecule has 3 aliphatic heterocycles. The van der Waals surface area contributed by atoms with E-state index in [1.165, 1.54) is 13.4 Å². The number of sulfone groups is 1. The minimum atomic E-state index is -3.19. The van der Waals surface area contributed by atoms with Crippen molar-refractivity contribution in [2.24, 2.45) is 11.3 Å². The molecule has 0 saturated carbocycles. The van der Waals surface area contributed by atoms with Gasteiger partial charge in [-0.05, 0) is 54.5 Å². The number of carbonyl (C=O) groups excluding carboxylic acids is 2. The quantitative estimate of drug-likeness (QED) is 0.539. The fraction of sp³-hybridized carbons (Fsp3) is 0.517. The van der Waals surface area contributed by atoms with Gasteiger partial charge in [-0.25, -0.2) is 13.2 Å². The van der Waals surface area contributed by atoms with Crippen molar-refractivity contribution in [3.63, 3.8) is 0 Å². The monoisotopic (exact) mass is 575 g/mol. The first-order chi connectivity index (χ1) is 18.2. The number of methoxy groups -OCH3 is 1. The maximum Gasteiger partial charge on any atom is 0.409 e. The predicted octanol–water partition coefficient (Wildman–Crippen LogP) is 3.81. The van der Waals surface area contributed by atoms with Gasteiger partial charge in [0.15, 0.2) is 9.84 Å². The third-order valence-corrected chi connectivity index (χ3v) is 9.84. The zero-order valence-electron chi connectivity index (χ0n) is 22.6. The van der Waals surface area contributed by atoms with Crippen molar-refractivity contribution in [1.29, 1.82) is 0 Å². The molecule has 0 aromatic heterocycles. The van der Waals surface area contributed by atoms with Crippen molar-refractivity contribution in [2.75, 3.05) is 52.6 Å². The molecular weight excluding hydrogens is 538 g/mol. The maximum absolute atomic E-state index is 13.7. The molecule has 3 saturated heterocycles. The highest BCUT2D eigenvalue weighted by Crippen LogP contribution is 2.42. The molecule has 2 atom stereocenters. The standard InChI is InChI=1S/C29H37N3O5S.ClH/c1-37-28(34)32-19-25(23-6-4-3-5-7-23)26(20-32)27(33)31-16-13-29(14-17-31)12-15-30(21-29)18-22-8-10-24(11-9-22)38(2,35)36;/h3-11,25-26H,12-21H2,1-2H3;1H/t25-,26-;/m1./s1. The van der Waals surface area contributed by atoms with Crippen LogP contribution in [0.4, 0.5) is 4.79 Å². The van der Waals surface area contributed by atoms with Crippen molar-refractivity contribution in [3.8, 4) is 0 Å². The number of hydrogen-bond donors (Lipinski definition) is 0. The van der Waals surface area contributed by atoms with Gasteiger partial charge in [0.1, 0.15) is 0 Å². The molecule has 2 aromatic carbocycles. The van der Waals surface area contributed by atoms with Crippen LogP contribution in [0.25, 0.3) is 0 Å². The fourth-order valence-corrected chi connectivity index (χ4v) is 7.11. The van der Waals surface area contributed by atoms with E-state index < -0.39 is 9.84 Å². The molecule has 0 radical (unpaired) electrons. The highest BCUT2D eigenvalue weighted by atomic mass is 35.5. The molecule has 0 N–H and O–H groups in total. The van der Waals surface area contributed by atoms with Gasteiger partial charge in [-0.15, -0.1) is 12.4 Å². The summed E-state index contributed by atoms with van der Waals surface area (Å²) < 4.78 is 28.4. The number of nitrogens with zero attached hydrogens (tertiary/aromatic N) is 3. The molecule has 2 aromatic rings. The lowest BCUT2D eigenvalue weighted by Crippen LogP contribution is -2.47. The van der Waals surface area contributed by atoms with Crippen LogP contribution in [-0.4, -0.2) is 87.8 Å². The van der Waals surface area contributed by atoms with Crippen LogP contribution in [-0.2, 0) is 25.9 Å². The molecule has 8 nitrogen and oxygen atoms in total. The molecule has 39 heavy (non-hydrogen) atoms. The Bertz CT molecular complexity index is 1260. The van der Waals surface area contributed by atoms with Gasteiger partial charge in [0.25, 0.3) is 0 Å². The van der Waals surface area contributed by atoms with E-state index in [2.05, 4.69) is 4.90 Å². The van der Waals surface area contributed by atoms with Crippen molar-refractivity contribution >= 4 is 34.2 Å². The number of ether oxygens (including phenoxy) is 1. The van der Waals surface area contributed by atoms with Gasteiger partial charge < -0.3 is 14.5 Å². The molecule has 3 aliphatic rings. The zero-order chi connectivity index (χ0) is 26.9. The largest absolute Gasteiger partial charge is 0.453 e. The Hall–Kier alpha value is -2.62. The van der Waals surface area contributed by atoms with Crippen LogP contribution in [0.2, 0.25) is 0 Å². The number of hydrogen-bond acceptors (Lipinski definition) is 6. The van der Waals surface area contributed by atoms with Gasteiger partial charge in [-0.1, -0.05) is 42.5 Å². The van der Waals surface area contributed by atoms with E-state index in [-0.39, 0.29) is 41.7 Å². The van der Waals surface area contributed by atoms with Crippen molar-refractivity contribution in [3.05, 3.63) is 65.7 Å². The SMILES string of the molecule is COC(=O)N1C[C@H](c2ccccc2)[C@H](C(=O)N2CCC3(CCN(Cc4ccc(S(C)(=O)=O)cc4)C3)CC2)C1.Cl. The molecule has 212 valence electrons. The number of carbonyl (C=O) groups is 2. The maximum atomic E-state index is 13.7. The van der Waals surface area contributed by atoms with Crippen LogP contribution in [0.3, 0.4) is 0 Å². The second-order valence-corrected chi connectivity index (χ2v) is 13.2. The molecule has 0 aliphatic carbocycles. The molecule has 1 spiro atoms. The second kappa shape index (κ2) is 11.9. The topological polar surface area (TPSA) is 87.2 Å². The lowest BCUT2D eigenvalue weighted by Gasteiger charge is -2.40. The fourth-order valence-electron chi connectivity index (χ4n) is 6.48. The number of halogens is 1. The summed E-state index contributed by atoms with van der Waals surface area (Å²) in [7, 11) is -1.80. The molecular formula is C29H38ClN3O5S. The number of rotatable bonds is 5. The molecule has 0 unspecified atom stereocenters. The average molecular weight is 576 g/mol. The minimum Gasteiger partial charge on any atom is -0.453 e. The third-order valence-electron chi connectivity index (χ3n) is 8.71. The Morgan fingerprint density at radius 3 is 2.18 bits per heavy atom. The Balaban J connectivity index is 0.00000353. The third kappa shape index (κ3) is 6.42. The predicted molar refractivity (Wildman–Crippen MR) is 152 cm³/mol. The lowest BCUT2D eigenvalue weighted by atomic mass is 9.77. The second-order valence-electron chi connectivity index (χ2n) is 11.2. The summed E-state index contributed by atoms with van der Waals surface area (Å²) in [6, 6.07) is 17.2. The summed E-state index contributed by atoms with van der Waals surface area (Å²) in [5.41, 5.74) is 2.42. The first-order valence-electron chi connectivity index (χ1n) is 13.4. The molecule has 2 amide bonds. The summed E-state index contributed by atoms with van der Waals surface area (Å²) in [6.07, 6.45) is 3.92. The normalized spacial score (nSPS) is 23.0. The number of amides is 2. The van der Waals surface area contributed by atoms with Crippen LogP contribution in [0.5, 0.6) is 0 Å². The van der Waals surface area contributed by atoms with Crippen molar-refractivity contribution < 1.29 is 22.7 Å². The van der Waals surface area contributed by atoms with Crippen LogP contribution < -0.4 is 0 Å². The summed E-state index contributed by atoms with van der Waals surface area (Å²) in [5.74, 6) is -0.156. The first-order valence-corrected chi connectivity index (χ1v) is 15.2. The Morgan fingerprint density at radius 2 is 1.56 bits per heavy atom. The highest BCUT2D eigenvalue weighted by Gasteiger charge is 2.46.